The van der Waals surface area contributed by atoms with Gasteiger partial charge in [0, 0.05) is 41.6 Å². The maximum atomic E-state index is 14.9. The Morgan fingerprint density at radius 1 is 1.06 bits per heavy atom. The maximum Gasteiger partial charge on any atom is 0.165 e. The zero-order valence-corrected chi connectivity index (χ0v) is 21.7. The van der Waals surface area contributed by atoms with Crippen molar-refractivity contribution in [2.45, 2.75) is 18.9 Å². The van der Waals surface area contributed by atoms with Crippen LogP contribution in [0, 0.1) is 5.82 Å². The van der Waals surface area contributed by atoms with Crippen molar-refractivity contribution in [1.82, 2.24) is 14.9 Å². The number of pyridine rings is 1. The monoisotopic (exact) mass is 489 g/mol. The fourth-order valence-corrected chi connectivity index (χ4v) is 5.93. The lowest BCUT2D eigenvalue weighted by molar-refractivity contribution is 0.249. The van der Waals surface area contributed by atoms with E-state index in [4.69, 9.17) is 0 Å². The summed E-state index contributed by atoms with van der Waals surface area (Å²) in [7, 11) is 4.01. The number of aromatic nitrogens is 2. The van der Waals surface area contributed by atoms with Crippen LogP contribution in [0.3, 0.4) is 0 Å². The van der Waals surface area contributed by atoms with E-state index in [1.807, 2.05) is 24.3 Å². The van der Waals surface area contributed by atoms with Crippen molar-refractivity contribution in [1.29, 1.82) is 0 Å². The number of rotatable bonds is 6. The molecule has 182 valence electrons. The Labute approximate surface area is 208 Å². The Balaban J connectivity index is 1.41. The van der Waals surface area contributed by atoms with E-state index in [1.54, 1.807) is 0 Å². The van der Waals surface area contributed by atoms with Crippen molar-refractivity contribution in [3.8, 4) is 11.3 Å². The number of aromatic amines is 1. The van der Waals surface area contributed by atoms with Gasteiger partial charge in [0.1, 0.15) is 5.65 Å². The van der Waals surface area contributed by atoms with Gasteiger partial charge >= 0.3 is 0 Å². The average molecular weight is 490 g/mol. The van der Waals surface area contributed by atoms with Crippen molar-refractivity contribution >= 4 is 41.3 Å². The highest BCUT2D eigenvalue weighted by atomic mass is 31.1. The van der Waals surface area contributed by atoms with Crippen LogP contribution in [0.25, 0.3) is 22.3 Å². The second kappa shape index (κ2) is 9.96. The van der Waals surface area contributed by atoms with Gasteiger partial charge in [0.25, 0.3) is 0 Å². The lowest BCUT2D eigenvalue weighted by Crippen LogP contribution is -2.41. The molecule has 5 nitrogen and oxygen atoms in total. The van der Waals surface area contributed by atoms with Gasteiger partial charge in [-0.3, -0.25) is 0 Å². The molecule has 2 N–H and O–H groups in total. The highest BCUT2D eigenvalue weighted by Crippen LogP contribution is 2.35. The molecule has 3 heterocycles. The van der Waals surface area contributed by atoms with E-state index >= 15 is 0 Å². The van der Waals surface area contributed by atoms with E-state index in [0.717, 1.165) is 35.4 Å². The molecule has 7 heteroatoms. The highest BCUT2D eigenvalue weighted by molar-refractivity contribution is 7.64. The van der Waals surface area contributed by atoms with Gasteiger partial charge < -0.3 is 20.1 Å². The summed E-state index contributed by atoms with van der Waals surface area (Å²) >= 11 is 0. The first kappa shape index (κ1) is 23.8. The summed E-state index contributed by atoms with van der Waals surface area (Å²) in [5, 5.41) is 5.33. The SMILES string of the molecule is CN(C)C1CCN(c2ccc(-c3cc4c(Nc5ccccc5P(C)C)c(F)cnc4[nH]3)cc2)CC1. The summed E-state index contributed by atoms with van der Waals surface area (Å²) in [6, 6.07) is 19.4. The van der Waals surface area contributed by atoms with Gasteiger partial charge in [0.15, 0.2) is 5.82 Å². The Morgan fingerprint density at radius 3 is 2.46 bits per heavy atom. The maximum absolute atomic E-state index is 14.9. The van der Waals surface area contributed by atoms with Gasteiger partial charge in [0.2, 0.25) is 0 Å². The van der Waals surface area contributed by atoms with Crippen molar-refractivity contribution in [3.05, 3.63) is 66.6 Å². The number of piperidine rings is 1. The van der Waals surface area contributed by atoms with Crippen LogP contribution in [0.1, 0.15) is 12.8 Å². The minimum Gasteiger partial charge on any atom is -0.371 e. The van der Waals surface area contributed by atoms with Gasteiger partial charge in [-0.25, -0.2) is 9.37 Å². The number of para-hydroxylation sites is 1. The van der Waals surface area contributed by atoms with E-state index in [0.29, 0.717) is 17.4 Å². The van der Waals surface area contributed by atoms with Crippen LogP contribution >= 0.6 is 7.92 Å². The highest BCUT2D eigenvalue weighted by Gasteiger charge is 2.21. The number of hydrogen-bond donors (Lipinski definition) is 2. The van der Waals surface area contributed by atoms with Gasteiger partial charge in [-0.15, -0.1) is 0 Å². The van der Waals surface area contributed by atoms with E-state index in [2.05, 4.69) is 82.8 Å². The molecule has 2 aromatic carbocycles. The van der Waals surface area contributed by atoms with E-state index < -0.39 is 0 Å². The first-order chi connectivity index (χ1) is 16.9. The lowest BCUT2D eigenvalue weighted by Gasteiger charge is -2.36. The quantitative estimate of drug-likeness (QED) is 0.326. The average Bonchev–Trinajstić information content (AvgIpc) is 3.31. The van der Waals surface area contributed by atoms with E-state index in [1.165, 1.54) is 30.0 Å². The zero-order valence-electron chi connectivity index (χ0n) is 20.8. The smallest absolute Gasteiger partial charge is 0.165 e. The summed E-state index contributed by atoms with van der Waals surface area (Å²) in [5.74, 6) is -0.356. The molecule has 1 fully saturated rings. The minimum atomic E-state index is -0.356. The number of nitrogens with one attached hydrogen (secondary N) is 2. The molecule has 0 aliphatic carbocycles. The number of benzene rings is 2. The van der Waals surface area contributed by atoms with E-state index in [9.17, 15) is 4.39 Å². The topological polar surface area (TPSA) is 47.2 Å². The van der Waals surface area contributed by atoms with Crippen LogP contribution in [0.5, 0.6) is 0 Å². The standard InChI is InChI=1S/C28H33FN5P/c1-33(2)20-13-15-34(16-14-20)21-11-9-19(10-12-21)25-17-22-27(23(29)18-30-28(22)32-25)31-24-7-5-6-8-26(24)35(3)4/h5-12,17-18,20H,13-16H2,1-4H3,(H2,30,31,32). The van der Waals surface area contributed by atoms with Gasteiger partial charge in [-0.1, -0.05) is 38.3 Å². The summed E-state index contributed by atoms with van der Waals surface area (Å²) in [4.78, 5) is 12.5. The lowest BCUT2D eigenvalue weighted by atomic mass is 10.0. The Morgan fingerprint density at radius 2 is 1.77 bits per heavy atom. The summed E-state index contributed by atoms with van der Waals surface area (Å²) < 4.78 is 14.9. The molecule has 0 radical (unpaired) electrons. The first-order valence-electron chi connectivity index (χ1n) is 12.1. The van der Waals surface area contributed by atoms with Crippen molar-refractivity contribution in [2.75, 3.05) is 50.7 Å². The van der Waals surface area contributed by atoms with Crippen LogP contribution in [-0.2, 0) is 0 Å². The molecule has 1 aliphatic rings. The third-order valence-electron chi connectivity index (χ3n) is 7.00. The molecule has 0 atom stereocenters. The number of H-pyrrole nitrogens is 1. The van der Waals surface area contributed by atoms with Crippen molar-refractivity contribution in [2.24, 2.45) is 0 Å². The molecule has 0 unspecified atom stereocenters. The number of nitrogens with zero attached hydrogens (tertiary/aromatic N) is 3. The van der Waals surface area contributed by atoms with Crippen LogP contribution in [0.4, 0.5) is 21.5 Å². The molecule has 5 rings (SSSR count). The van der Waals surface area contributed by atoms with Gasteiger partial charge in [-0.05, 0) is 75.4 Å². The number of anilines is 3. The molecular formula is C28H33FN5P. The predicted octanol–water partition coefficient (Wildman–Crippen LogP) is 6.01. The third-order valence-corrected chi connectivity index (χ3v) is 8.35. The first-order valence-corrected chi connectivity index (χ1v) is 14.4. The molecule has 0 saturated carbocycles. The Bertz CT molecular complexity index is 1310. The fourth-order valence-electron chi connectivity index (χ4n) is 4.93. The Kier molecular flexibility index (Phi) is 6.77. The van der Waals surface area contributed by atoms with Crippen molar-refractivity contribution < 1.29 is 4.39 Å². The van der Waals surface area contributed by atoms with Gasteiger partial charge in [0.05, 0.1) is 11.9 Å². The number of hydrogen-bond acceptors (Lipinski definition) is 4. The van der Waals surface area contributed by atoms with Crippen LogP contribution < -0.4 is 15.5 Å². The molecule has 0 amide bonds. The summed E-state index contributed by atoms with van der Waals surface area (Å²) in [5.41, 5.74) is 5.32. The second-order valence-corrected chi connectivity index (χ2v) is 12.0. The minimum absolute atomic E-state index is 0.326. The number of halogens is 1. The van der Waals surface area contributed by atoms with Crippen LogP contribution in [0.2, 0.25) is 0 Å². The predicted molar refractivity (Wildman–Crippen MR) is 149 cm³/mol. The molecule has 1 aliphatic heterocycles. The van der Waals surface area contributed by atoms with Gasteiger partial charge in [-0.2, -0.15) is 0 Å². The molecule has 0 bridgehead atoms. The largest absolute Gasteiger partial charge is 0.371 e. The molecule has 4 aromatic rings. The van der Waals surface area contributed by atoms with Crippen LogP contribution in [0.15, 0.2) is 60.8 Å². The molecule has 35 heavy (non-hydrogen) atoms. The fraction of sp³-hybridized carbons (Fsp3) is 0.321. The Hall–Kier alpha value is -2.95. The molecule has 0 spiro atoms. The molecule has 1 saturated heterocycles. The number of fused-ring (bicyclic) bond motifs is 1. The summed E-state index contributed by atoms with van der Waals surface area (Å²) in [6.07, 6.45) is 3.66. The summed E-state index contributed by atoms with van der Waals surface area (Å²) in [6.45, 7) is 6.56. The third kappa shape index (κ3) is 4.91. The normalized spacial score (nSPS) is 14.9. The zero-order chi connectivity index (χ0) is 24.5. The van der Waals surface area contributed by atoms with E-state index in [-0.39, 0.29) is 13.7 Å². The van der Waals surface area contributed by atoms with Crippen molar-refractivity contribution in [3.63, 3.8) is 0 Å². The second-order valence-electron chi connectivity index (χ2n) is 9.69. The molecule has 2 aromatic heterocycles. The molecular weight excluding hydrogens is 456 g/mol. The van der Waals surface area contributed by atoms with Crippen LogP contribution in [-0.4, -0.2) is 61.4 Å².